The fourth-order valence-electron chi connectivity index (χ4n) is 1.65. The lowest BCUT2D eigenvalue weighted by molar-refractivity contribution is -0.386. The zero-order valence-electron chi connectivity index (χ0n) is 11.7. The van der Waals surface area contributed by atoms with E-state index in [4.69, 9.17) is 27.9 Å². The van der Waals surface area contributed by atoms with Crippen molar-refractivity contribution in [3.8, 4) is 11.5 Å². The van der Waals surface area contributed by atoms with Crippen LogP contribution in [-0.2, 0) is 0 Å². The Morgan fingerprint density at radius 1 is 1.43 bits per heavy atom. The van der Waals surface area contributed by atoms with E-state index in [0.717, 1.165) is 6.07 Å². The summed E-state index contributed by atoms with van der Waals surface area (Å²) in [6.45, 7) is 0. The van der Waals surface area contributed by atoms with Crippen LogP contribution >= 0.6 is 23.2 Å². The molecule has 0 saturated carbocycles. The van der Waals surface area contributed by atoms with Gasteiger partial charge in [0.1, 0.15) is 0 Å². The average molecular weight is 357 g/mol. The number of aromatic hydroxyl groups is 1. The molecule has 1 aromatic heterocycles. The molecule has 1 heterocycles. The second-order valence-electron chi connectivity index (χ2n) is 4.20. The Kier molecular flexibility index (Phi) is 5.20. The first-order valence-electron chi connectivity index (χ1n) is 6.08. The molecule has 23 heavy (non-hydrogen) atoms. The lowest BCUT2D eigenvalue weighted by Gasteiger charge is -2.05. The SMILES string of the molecule is COc1cc(/C=N/Nc2ncc(Cl)cc2Cl)cc([N+](=O)[O-])c1O. The van der Waals surface area contributed by atoms with Gasteiger partial charge in [-0.2, -0.15) is 5.10 Å². The number of halogens is 2. The highest BCUT2D eigenvalue weighted by atomic mass is 35.5. The summed E-state index contributed by atoms with van der Waals surface area (Å²) >= 11 is 11.6. The van der Waals surface area contributed by atoms with Crippen molar-refractivity contribution in [2.45, 2.75) is 0 Å². The third-order valence-corrected chi connectivity index (χ3v) is 3.18. The van der Waals surface area contributed by atoms with E-state index in [0.29, 0.717) is 10.6 Å². The van der Waals surface area contributed by atoms with Gasteiger partial charge < -0.3 is 9.84 Å². The first kappa shape index (κ1) is 16.8. The predicted octanol–water partition coefficient (Wildman–Crippen LogP) is 3.46. The van der Waals surface area contributed by atoms with E-state index in [-0.39, 0.29) is 16.6 Å². The molecule has 0 aliphatic heterocycles. The van der Waals surface area contributed by atoms with Crippen LogP contribution < -0.4 is 10.2 Å². The van der Waals surface area contributed by atoms with Gasteiger partial charge in [0.2, 0.25) is 5.75 Å². The van der Waals surface area contributed by atoms with Crippen LogP contribution in [0.2, 0.25) is 10.0 Å². The second-order valence-corrected chi connectivity index (χ2v) is 5.05. The molecule has 2 N–H and O–H groups in total. The molecule has 0 amide bonds. The minimum Gasteiger partial charge on any atom is -0.500 e. The van der Waals surface area contributed by atoms with Crippen LogP contribution in [0.3, 0.4) is 0 Å². The van der Waals surface area contributed by atoms with Gasteiger partial charge in [0.25, 0.3) is 0 Å². The highest BCUT2D eigenvalue weighted by Crippen LogP contribution is 2.36. The van der Waals surface area contributed by atoms with Crippen molar-refractivity contribution in [3.05, 3.63) is 50.1 Å². The Morgan fingerprint density at radius 3 is 2.78 bits per heavy atom. The zero-order chi connectivity index (χ0) is 17.0. The first-order chi connectivity index (χ1) is 10.9. The molecule has 0 fully saturated rings. The summed E-state index contributed by atoms with van der Waals surface area (Å²) in [5.41, 5.74) is 2.43. The van der Waals surface area contributed by atoms with Crippen LogP contribution in [0.25, 0.3) is 0 Å². The first-order valence-corrected chi connectivity index (χ1v) is 6.83. The van der Waals surface area contributed by atoms with Crippen LogP contribution in [-0.4, -0.2) is 28.3 Å². The molecular weight excluding hydrogens is 347 g/mol. The fourth-order valence-corrected chi connectivity index (χ4v) is 2.07. The van der Waals surface area contributed by atoms with Crippen molar-refractivity contribution < 1.29 is 14.8 Å². The summed E-state index contributed by atoms with van der Waals surface area (Å²) in [6, 6.07) is 4.03. The number of phenolic OH excluding ortho intramolecular Hbond substituents is 1. The van der Waals surface area contributed by atoms with Crippen LogP contribution in [0.1, 0.15) is 5.56 Å². The molecule has 10 heteroatoms. The number of hydrazone groups is 1. The molecular formula is C13H10Cl2N4O4. The predicted molar refractivity (Wildman–Crippen MR) is 86.8 cm³/mol. The van der Waals surface area contributed by atoms with E-state index in [1.165, 1.54) is 31.7 Å². The second kappa shape index (κ2) is 7.12. The van der Waals surface area contributed by atoms with Crippen molar-refractivity contribution >= 4 is 40.9 Å². The Hall–Kier alpha value is -2.58. The highest BCUT2D eigenvalue weighted by molar-refractivity contribution is 6.35. The minimum absolute atomic E-state index is 0.0386. The number of benzene rings is 1. The number of nitro groups is 1. The normalized spacial score (nSPS) is 10.7. The number of hydrogen-bond donors (Lipinski definition) is 2. The molecule has 0 aliphatic rings. The smallest absolute Gasteiger partial charge is 0.315 e. The monoisotopic (exact) mass is 356 g/mol. The van der Waals surface area contributed by atoms with Gasteiger partial charge in [-0.25, -0.2) is 4.98 Å². The summed E-state index contributed by atoms with van der Waals surface area (Å²) in [5.74, 6) is -0.319. The van der Waals surface area contributed by atoms with Crippen LogP contribution in [0.5, 0.6) is 11.5 Å². The Bertz CT molecular complexity index is 783. The third kappa shape index (κ3) is 3.99. The van der Waals surface area contributed by atoms with E-state index in [1.54, 1.807) is 0 Å². The number of anilines is 1. The maximum absolute atomic E-state index is 10.9. The van der Waals surface area contributed by atoms with E-state index in [2.05, 4.69) is 15.5 Å². The lowest BCUT2D eigenvalue weighted by Crippen LogP contribution is -1.97. The molecule has 0 unspecified atom stereocenters. The van der Waals surface area contributed by atoms with E-state index in [1.807, 2.05) is 0 Å². The van der Waals surface area contributed by atoms with Gasteiger partial charge in [-0.05, 0) is 12.1 Å². The van der Waals surface area contributed by atoms with Gasteiger partial charge in [-0.15, -0.1) is 0 Å². The Balaban J connectivity index is 2.25. The zero-order valence-corrected chi connectivity index (χ0v) is 13.2. The number of ether oxygens (including phenoxy) is 1. The number of pyridine rings is 1. The standard InChI is InChI=1S/C13H10Cl2N4O4/c1-23-11-3-7(2-10(12(11)20)19(21)22)5-17-18-13-9(15)4-8(14)6-16-13/h2-6,20H,1H3,(H,16,18)/b17-5+. The summed E-state index contributed by atoms with van der Waals surface area (Å²) in [7, 11) is 1.29. The summed E-state index contributed by atoms with van der Waals surface area (Å²) < 4.78 is 4.89. The number of nitrogens with zero attached hydrogens (tertiary/aromatic N) is 3. The van der Waals surface area contributed by atoms with Gasteiger partial charge in [0, 0.05) is 17.8 Å². The molecule has 0 saturated heterocycles. The minimum atomic E-state index is -0.722. The molecule has 8 nitrogen and oxygen atoms in total. The number of hydrogen-bond acceptors (Lipinski definition) is 7. The molecule has 0 bridgehead atoms. The molecule has 120 valence electrons. The quantitative estimate of drug-likeness (QED) is 0.482. The molecule has 2 rings (SSSR count). The van der Waals surface area contributed by atoms with Crippen LogP contribution in [0.15, 0.2) is 29.5 Å². The molecule has 0 atom stereocenters. The van der Waals surface area contributed by atoms with Gasteiger partial charge in [-0.1, -0.05) is 23.2 Å². The van der Waals surface area contributed by atoms with Crippen molar-refractivity contribution in [1.29, 1.82) is 0 Å². The van der Waals surface area contributed by atoms with Gasteiger partial charge in [0.05, 0.1) is 28.3 Å². The average Bonchev–Trinajstić information content (AvgIpc) is 2.50. The molecule has 1 aromatic carbocycles. The largest absolute Gasteiger partial charge is 0.500 e. The number of rotatable bonds is 5. The van der Waals surface area contributed by atoms with Crippen LogP contribution in [0.4, 0.5) is 11.5 Å². The molecule has 0 radical (unpaired) electrons. The van der Waals surface area contributed by atoms with Gasteiger partial charge in [-0.3, -0.25) is 15.5 Å². The lowest BCUT2D eigenvalue weighted by atomic mass is 10.2. The number of phenols is 1. The number of methoxy groups -OCH3 is 1. The van der Waals surface area contributed by atoms with Gasteiger partial charge in [0.15, 0.2) is 11.6 Å². The maximum Gasteiger partial charge on any atom is 0.315 e. The highest BCUT2D eigenvalue weighted by Gasteiger charge is 2.19. The Morgan fingerprint density at radius 2 is 2.17 bits per heavy atom. The fraction of sp³-hybridized carbons (Fsp3) is 0.0769. The molecule has 0 aliphatic carbocycles. The van der Waals surface area contributed by atoms with E-state index < -0.39 is 16.4 Å². The number of nitrogens with one attached hydrogen (secondary N) is 1. The van der Waals surface area contributed by atoms with Crippen molar-refractivity contribution in [1.82, 2.24) is 4.98 Å². The number of aromatic nitrogens is 1. The number of nitro benzene ring substituents is 1. The third-order valence-electron chi connectivity index (χ3n) is 2.69. The van der Waals surface area contributed by atoms with Crippen LogP contribution in [0, 0.1) is 10.1 Å². The van der Waals surface area contributed by atoms with E-state index >= 15 is 0 Å². The van der Waals surface area contributed by atoms with Crippen molar-refractivity contribution in [2.24, 2.45) is 5.10 Å². The topological polar surface area (TPSA) is 110 Å². The molecule has 0 spiro atoms. The van der Waals surface area contributed by atoms with Gasteiger partial charge >= 0.3 is 5.69 Å². The van der Waals surface area contributed by atoms with Crippen molar-refractivity contribution in [3.63, 3.8) is 0 Å². The van der Waals surface area contributed by atoms with Crippen molar-refractivity contribution in [2.75, 3.05) is 12.5 Å². The maximum atomic E-state index is 10.9. The Labute approximate surface area is 140 Å². The molecule has 2 aromatic rings. The summed E-state index contributed by atoms with van der Waals surface area (Å²) in [4.78, 5) is 14.1. The summed E-state index contributed by atoms with van der Waals surface area (Å²) in [6.07, 6.45) is 2.68. The van der Waals surface area contributed by atoms with E-state index in [9.17, 15) is 15.2 Å². The summed E-state index contributed by atoms with van der Waals surface area (Å²) in [5, 5.41) is 25.1.